The molecule has 6 nitrogen and oxygen atoms in total. The van der Waals surface area contributed by atoms with Crippen molar-refractivity contribution in [1.29, 1.82) is 5.26 Å². The SMILES string of the molecule is COC(=O)c1ccc(NC(=O)/C(C#N)=C\c2ccc(-c3ccc(F)c(Cl)c3)o2)cc1. The summed E-state index contributed by atoms with van der Waals surface area (Å²) in [7, 11) is 1.27. The number of rotatable bonds is 5. The average Bonchev–Trinajstić information content (AvgIpc) is 3.22. The minimum atomic E-state index is -0.647. The van der Waals surface area contributed by atoms with Crippen LogP contribution in [0.4, 0.5) is 10.1 Å². The van der Waals surface area contributed by atoms with Crippen LogP contribution in [0.15, 0.2) is 64.6 Å². The number of carbonyl (C=O) groups excluding carboxylic acids is 2. The monoisotopic (exact) mass is 424 g/mol. The summed E-state index contributed by atoms with van der Waals surface area (Å²) in [4.78, 5) is 23.8. The van der Waals surface area contributed by atoms with E-state index in [1.165, 1.54) is 55.7 Å². The van der Waals surface area contributed by atoms with Crippen molar-refractivity contribution in [2.75, 3.05) is 12.4 Å². The minimum absolute atomic E-state index is 0.0451. The third-order valence-electron chi connectivity index (χ3n) is 4.05. The molecule has 0 saturated carbocycles. The van der Waals surface area contributed by atoms with Gasteiger partial charge in [0.1, 0.15) is 29.0 Å². The first-order chi connectivity index (χ1) is 14.4. The van der Waals surface area contributed by atoms with Gasteiger partial charge in [-0.3, -0.25) is 4.79 Å². The summed E-state index contributed by atoms with van der Waals surface area (Å²) in [5.41, 5.74) is 1.09. The molecule has 0 spiro atoms. The molecular formula is C22H14ClFN2O4. The number of carbonyl (C=O) groups is 2. The Morgan fingerprint density at radius 3 is 2.53 bits per heavy atom. The predicted molar refractivity (Wildman–Crippen MR) is 109 cm³/mol. The van der Waals surface area contributed by atoms with Crippen LogP contribution in [0.1, 0.15) is 16.1 Å². The van der Waals surface area contributed by atoms with Crippen LogP contribution in [-0.2, 0) is 9.53 Å². The quantitative estimate of drug-likeness (QED) is 0.350. The third kappa shape index (κ3) is 4.74. The molecule has 150 valence electrons. The number of anilines is 1. The number of hydrogen-bond acceptors (Lipinski definition) is 5. The second-order valence-electron chi connectivity index (χ2n) is 6.02. The molecule has 3 rings (SSSR count). The van der Waals surface area contributed by atoms with Gasteiger partial charge in [-0.25, -0.2) is 9.18 Å². The van der Waals surface area contributed by atoms with Crippen LogP contribution in [0.5, 0.6) is 0 Å². The number of furan rings is 1. The van der Waals surface area contributed by atoms with Gasteiger partial charge in [-0.2, -0.15) is 5.26 Å². The van der Waals surface area contributed by atoms with Gasteiger partial charge < -0.3 is 14.5 Å². The Kier molecular flexibility index (Phi) is 6.30. The predicted octanol–water partition coefficient (Wildman–Crippen LogP) is 5.07. The highest BCUT2D eigenvalue weighted by molar-refractivity contribution is 6.31. The highest BCUT2D eigenvalue weighted by atomic mass is 35.5. The van der Waals surface area contributed by atoms with Crippen molar-refractivity contribution in [1.82, 2.24) is 0 Å². The number of nitrogens with zero attached hydrogens (tertiary/aromatic N) is 1. The van der Waals surface area contributed by atoms with E-state index in [0.717, 1.165) is 0 Å². The zero-order chi connectivity index (χ0) is 21.7. The van der Waals surface area contributed by atoms with E-state index < -0.39 is 17.7 Å². The number of halogens is 2. The van der Waals surface area contributed by atoms with Crippen molar-refractivity contribution in [3.8, 4) is 17.4 Å². The summed E-state index contributed by atoms with van der Waals surface area (Å²) in [5.74, 6) is -1.03. The number of hydrogen-bond donors (Lipinski definition) is 1. The first kappa shape index (κ1) is 20.8. The fourth-order valence-electron chi connectivity index (χ4n) is 2.53. The summed E-state index contributed by atoms with van der Waals surface area (Å²) in [6, 6.07) is 15.2. The largest absolute Gasteiger partial charge is 0.465 e. The summed E-state index contributed by atoms with van der Waals surface area (Å²) < 4.78 is 23.5. The van der Waals surface area contributed by atoms with Crippen LogP contribution in [0.2, 0.25) is 5.02 Å². The van der Waals surface area contributed by atoms with Gasteiger partial charge in [0.05, 0.1) is 17.7 Å². The van der Waals surface area contributed by atoms with Gasteiger partial charge in [-0.05, 0) is 54.6 Å². The molecule has 3 aromatic rings. The molecule has 0 aliphatic carbocycles. The zero-order valence-electron chi connectivity index (χ0n) is 15.6. The number of nitriles is 1. The maximum Gasteiger partial charge on any atom is 0.337 e. The Balaban J connectivity index is 1.76. The van der Waals surface area contributed by atoms with E-state index in [2.05, 4.69) is 10.1 Å². The highest BCUT2D eigenvalue weighted by Crippen LogP contribution is 2.27. The van der Waals surface area contributed by atoms with Gasteiger partial charge in [-0.1, -0.05) is 11.6 Å². The molecule has 1 aromatic heterocycles. The van der Waals surface area contributed by atoms with Crippen molar-refractivity contribution in [2.24, 2.45) is 0 Å². The number of ether oxygens (including phenoxy) is 1. The molecule has 30 heavy (non-hydrogen) atoms. The van der Waals surface area contributed by atoms with E-state index in [4.69, 9.17) is 16.0 Å². The molecule has 1 heterocycles. The van der Waals surface area contributed by atoms with Gasteiger partial charge in [0.2, 0.25) is 0 Å². The summed E-state index contributed by atoms with van der Waals surface area (Å²) in [6.45, 7) is 0. The van der Waals surface area contributed by atoms with E-state index in [1.54, 1.807) is 12.1 Å². The van der Waals surface area contributed by atoms with Crippen molar-refractivity contribution in [3.05, 3.63) is 82.3 Å². The smallest absolute Gasteiger partial charge is 0.337 e. The zero-order valence-corrected chi connectivity index (χ0v) is 16.4. The van der Waals surface area contributed by atoms with E-state index >= 15 is 0 Å². The number of nitrogens with one attached hydrogen (secondary N) is 1. The first-order valence-electron chi connectivity index (χ1n) is 8.58. The molecule has 0 saturated heterocycles. The molecule has 0 aliphatic heterocycles. The lowest BCUT2D eigenvalue weighted by molar-refractivity contribution is -0.112. The number of methoxy groups -OCH3 is 1. The van der Waals surface area contributed by atoms with Crippen LogP contribution in [-0.4, -0.2) is 19.0 Å². The second kappa shape index (κ2) is 9.07. The number of esters is 1. The summed E-state index contributed by atoms with van der Waals surface area (Å²) in [5, 5.41) is 11.9. The Morgan fingerprint density at radius 2 is 1.90 bits per heavy atom. The van der Waals surface area contributed by atoms with E-state index in [1.807, 2.05) is 6.07 Å². The lowest BCUT2D eigenvalue weighted by Crippen LogP contribution is -2.13. The molecule has 8 heteroatoms. The fourth-order valence-corrected chi connectivity index (χ4v) is 2.71. The van der Waals surface area contributed by atoms with E-state index in [-0.39, 0.29) is 16.4 Å². The van der Waals surface area contributed by atoms with Gasteiger partial charge in [-0.15, -0.1) is 0 Å². The lowest BCUT2D eigenvalue weighted by atomic mass is 10.2. The normalized spacial score (nSPS) is 10.9. The molecule has 0 unspecified atom stereocenters. The Labute approximate surface area is 176 Å². The topological polar surface area (TPSA) is 92.3 Å². The Morgan fingerprint density at radius 1 is 1.17 bits per heavy atom. The van der Waals surface area contributed by atoms with Crippen LogP contribution in [0.3, 0.4) is 0 Å². The van der Waals surface area contributed by atoms with Crippen molar-refractivity contribution < 1.29 is 23.1 Å². The van der Waals surface area contributed by atoms with Crippen LogP contribution >= 0.6 is 11.6 Å². The number of amides is 1. The molecule has 2 aromatic carbocycles. The van der Waals surface area contributed by atoms with Gasteiger partial charge in [0.15, 0.2) is 0 Å². The summed E-state index contributed by atoms with van der Waals surface area (Å²) >= 11 is 5.78. The van der Waals surface area contributed by atoms with Gasteiger partial charge in [0, 0.05) is 17.3 Å². The Bertz CT molecular complexity index is 1180. The van der Waals surface area contributed by atoms with Crippen LogP contribution in [0, 0.1) is 17.1 Å². The highest BCUT2D eigenvalue weighted by Gasteiger charge is 2.13. The minimum Gasteiger partial charge on any atom is -0.465 e. The maximum absolute atomic E-state index is 13.3. The van der Waals surface area contributed by atoms with E-state index in [9.17, 15) is 19.2 Å². The van der Waals surface area contributed by atoms with Crippen LogP contribution in [0.25, 0.3) is 17.4 Å². The van der Waals surface area contributed by atoms with Crippen molar-refractivity contribution in [2.45, 2.75) is 0 Å². The molecule has 0 fully saturated rings. The van der Waals surface area contributed by atoms with Crippen molar-refractivity contribution in [3.63, 3.8) is 0 Å². The molecule has 1 amide bonds. The van der Waals surface area contributed by atoms with Crippen LogP contribution < -0.4 is 5.32 Å². The fraction of sp³-hybridized carbons (Fsp3) is 0.0455. The molecule has 0 bridgehead atoms. The molecule has 0 atom stereocenters. The maximum atomic E-state index is 13.3. The molecular weight excluding hydrogens is 411 g/mol. The molecule has 1 N–H and O–H groups in total. The number of benzene rings is 2. The molecule has 0 radical (unpaired) electrons. The van der Waals surface area contributed by atoms with E-state index in [0.29, 0.717) is 22.6 Å². The molecule has 0 aliphatic rings. The summed E-state index contributed by atoms with van der Waals surface area (Å²) in [6.07, 6.45) is 1.28. The Hall–Kier alpha value is -3.89. The van der Waals surface area contributed by atoms with Gasteiger partial charge >= 0.3 is 5.97 Å². The average molecular weight is 425 g/mol. The lowest BCUT2D eigenvalue weighted by Gasteiger charge is -2.05. The second-order valence-corrected chi connectivity index (χ2v) is 6.43. The third-order valence-corrected chi connectivity index (χ3v) is 4.34. The first-order valence-corrected chi connectivity index (χ1v) is 8.96. The van der Waals surface area contributed by atoms with Crippen molar-refractivity contribution >= 4 is 35.2 Å². The standard InChI is InChI=1S/C22H14ClFN2O4/c1-29-22(28)13-2-5-16(6-3-13)26-21(27)15(12-25)10-17-7-9-20(30-17)14-4-8-19(24)18(23)11-14/h2-11H,1H3,(H,26,27)/b15-10-. The van der Waals surface area contributed by atoms with Gasteiger partial charge in [0.25, 0.3) is 5.91 Å².